The van der Waals surface area contributed by atoms with Crippen molar-refractivity contribution in [2.45, 2.75) is 38.6 Å². The monoisotopic (exact) mass is 213 g/mol. The molecule has 0 aliphatic carbocycles. The fraction of sp³-hybridized carbons (Fsp3) is 0.800. The molecule has 2 N–H and O–H groups in total. The van der Waals surface area contributed by atoms with Gasteiger partial charge in [-0.2, -0.15) is 4.98 Å². The topological polar surface area (TPSA) is 74.2 Å². The van der Waals surface area contributed by atoms with Crippen molar-refractivity contribution in [3.05, 3.63) is 11.7 Å². The third-order valence-electron chi connectivity index (χ3n) is 2.35. The summed E-state index contributed by atoms with van der Waals surface area (Å²) in [5.41, 5.74) is 5.78. The molecule has 15 heavy (non-hydrogen) atoms. The fourth-order valence-electron chi connectivity index (χ4n) is 1.23. The van der Waals surface area contributed by atoms with Crippen LogP contribution in [0.1, 0.15) is 37.9 Å². The van der Waals surface area contributed by atoms with Crippen LogP contribution in [-0.4, -0.2) is 29.9 Å². The summed E-state index contributed by atoms with van der Waals surface area (Å²) in [5, 5.41) is 3.92. The summed E-state index contributed by atoms with van der Waals surface area (Å²) in [5.74, 6) is 1.69. The number of nitrogens with zero attached hydrogens (tertiary/aromatic N) is 2. The SMILES string of the molecule is CCC(C)c1noc(CC(N)COC)n1. The van der Waals surface area contributed by atoms with Gasteiger partial charge in [0.15, 0.2) is 5.82 Å². The van der Waals surface area contributed by atoms with Crippen LogP contribution in [0.25, 0.3) is 0 Å². The molecule has 2 unspecified atom stereocenters. The van der Waals surface area contributed by atoms with Gasteiger partial charge in [0.1, 0.15) is 0 Å². The number of aromatic nitrogens is 2. The average Bonchev–Trinajstić information content (AvgIpc) is 2.65. The van der Waals surface area contributed by atoms with Gasteiger partial charge >= 0.3 is 0 Å². The van der Waals surface area contributed by atoms with Crippen molar-refractivity contribution in [2.75, 3.05) is 13.7 Å². The predicted octanol–water partition coefficient (Wildman–Crippen LogP) is 1.10. The van der Waals surface area contributed by atoms with E-state index >= 15 is 0 Å². The van der Waals surface area contributed by atoms with E-state index in [2.05, 4.69) is 24.0 Å². The first-order chi connectivity index (χ1) is 7.17. The van der Waals surface area contributed by atoms with Crippen molar-refractivity contribution in [3.63, 3.8) is 0 Å². The zero-order valence-electron chi connectivity index (χ0n) is 9.56. The highest BCUT2D eigenvalue weighted by Crippen LogP contribution is 2.14. The van der Waals surface area contributed by atoms with E-state index in [0.717, 1.165) is 12.2 Å². The molecule has 2 atom stereocenters. The Kier molecular flexibility index (Phi) is 4.71. The van der Waals surface area contributed by atoms with Crippen LogP contribution in [0.2, 0.25) is 0 Å². The van der Waals surface area contributed by atoms with Crippen LogP contribution in [0.4, 0.5) is 0 Å². The third-order valence-corrected chi connectivity index (χ3v) is 2.35. The Morgan fingerprint density at radius 2 is 2.27 bits per heavy atom. The maximum atomic E-state index is 5.78. The molecule has 86 valence electrons. The second-order valence-corrected chi connectivity index (χ2v) is 3.78. The van der Waals surface area contributed by atoms with Crippen molar-refractivity contribution in [3.8, 4) is 0 Å². The van der Waals surface area contributed by atoms with Gasteiger partial charge in [0.2, 0.25) is 5.89 Å². The van der Waals surface area contributed by atoms with E-state index in [0.29, 0.717) is 24.8 Å². The van der Waals surface area contributed by atoms with Gasteiger partial charge in [-0.15, -0.1) is 0 Å². The highest BCUT2D eigenvalue weighted by atomic mass is 16.5. The predicted molar refractivity (Wildman–Crippen MR) is 56.6 cm³/mol. The second-order valence-electron chi connectivity index (χ2n) is 3.78. The summed E-state index contributed by atoms with van der Waals surface area (Å²) in [6.45, 7) is 4.67. The standard InChI is InChI=1S/C10H19N3O2/c1-4-7(2)10-12-9(15-13-10)5-8(11)6-14-3/h7-8H,4-6,11H2,1-3H3. The molecular formula is C10H19N3O2. The summed E-state index contributed by atoms with van der Waals surface area (Å²) < 4.78 is 10.0. The summed E-state index contributed by atoms with van der Waals surface area (Å²) >= 11 is 0. The Morgan fingerprint density at radius 3 is 2.87 bits per heavy atom. The zero-order valence-corrected chi connectivity index (χ0v) is 9.56. The van der Waals surface area contributed by atoms with Crippen LogP contribution in [0.3, 0.4) is 0 Å². The van der Waals surface area contributed by atoms with Crippen LogP contribution < -0.4 is 5.73 Å². The maximum Gasteiger partial charge on any atom is 0.228 e. The molecule has 0 amide bonds. The van der Waals surface area contributed by atoms with E-state index in [1.807, 2.05) is 0 Å². The van der Waals surface area contributed by atoms with E-state index in [1.54, 1.807) is 7.11 Å². The molecule has 5 nitrogen and oxygen atoms in total. The number of methoxy groups -OCH3 is 1. The van der Waals surface area contributed by atoms with E-state index in [4.69, 9.17) is 15.0 Å². The molecule has 0 saturated heterocycles. The quantitative estimate of drug-likeness (QED) is 0.766. The van der Waals surface area contributed by atoms with Gasteiger partial charge in [-0.3, -0.25) is 0 Å². The third kappa shape index (κ3) is 3.60. The molecular weight excluding hydrogens is 194 g/mol. The van der Waals surface area contributed by atoms with Gasteiger partial charge < -0.3 is 15.0 Å². The Labute approximate surface area is 90.0 Å². The molecule has 0 saturated carbocycles. The molecule has 1 heterocycles. The van der Waals surface area contributed by atoms with Crippen molar-refractivity contribution < 1.29 is 9.26 Å². The van der Waals surface area contributed by atoms with Crippen LogP contribution in [0, 0.1) is 0 Å². The van der Waals surface area contributed by atoms with Gasteiger partial charge in [-0.1, -0.05) is 19.0 Å². The van der Waals surface area contributed by atoms with Gasteiger partial charge in [-0.25, -0.2) is 0 Å². The van der Waals surface area contributed by atoms with E-state index in [9.17, 15) is 0 Å². The molecule has 1 aromatic heterocycles. The van der Waals surface area contributed by atoms with Crippen LogP contribution >= 0.6 is 0 Å². The van der Waals surface area contributed by atoms with Crippen molar-refractivity contribution in [2.24, 2.45) is 5.73 Å². The molecule has 0 aliphatic heterocycles. The minimum atomic E-state index is -0.0831. The molecule has 0 fully saturated rings. The Bertz CT molecular complexity index is 288. The highest BCUT2D eigenvalue weighted by Gasteiger charge is 2.14. The van der Waals surface area contributed by atoms with Crippen LogP contribution in [0.15, 0.2) is 4.52 Å². The molecule has 0 bridgehead atoms. The first-order valence-electron chi connectivity index (χ1n) is 5.24. The van der Waals surface area contributed by atoms with Gasteiger partial charge in [0.05, 0.1) is 6.61 Å². The lowest BCUT2D eigenvalue weighted by Gasteiger charge is -2.05. The molecule has 0 aromatic carbocycles. The normalized spacial score (nSPS) is 15.2. The van der Waals surface area contributed by atoms with Crippen molar-refractivity contribution in [1.29, 1.82) is 0 Å². The lowest BCUT2D eigenvalue weighted by Crippen LogP contribution is -2.28. The zero-order chi connectivity index (χ0) is 11.3. The summed E-state index contributed by atoms with van der Waals surface area (Å²) in [6, 6.07) is -0.0831. The number of hydrogen-bond acceptors (Lipinski definition) is 5. The maximum absolute atomic E-state index is 5.78. The molecule has 0 aliphatic rings. The molecule has 1 aromatic rings. The van der Waals surface area contributed by atoms with E-state index < -0.39 is 0 Å². The van der Waals surface area contributed by atoms with Crippen molar-refractivity contribution in [1.82, 2.24) is 10.1 Å². The summed E-state index contributed by atoms with van der Waals surface area (Å²) in [7, 11) is 1.62. The minimum Gasteiger partial charge on any atom is -0.383 e. The Hall–Kier alpha value is -0.940. The first-order valence-corrected chi connectivity index (χ1v) is 5.24. The number of ether oxygens (including phenoxy) is 1. The lowest BCUT2D eigenvalue weighted by molar-refractivity contribution is 0.176. The summed E-state index contributed by atoms with van der Waals surface area (Å²) in [6.07, 6.45) is 1.57. The number of rotatable bonds is 6. The number of hydrogen-bond donors (Lipinski definition) is 1. The van der Waals surface area contributed by atoms with E-state index in [-0.39, 0.29) is 6.04 Å². The lowest BCUT2D eigenvalue weighted by atomic mass is 10.1. The molecule has 5 heteroatoms. The minimum absolute atomic E-state index is 0.0831. The average molecular weight is 213 g/mol. The first kappa shape index (κ1) is 12.1. The highest BCUT2D eigenvalue weighted by molar-refractivity contribution is 4.94. The second kappa shape index (κ2) is 5.82. The Morgan fingerprint density at radius 1 is 1.53 bits per heavy atom. The molecule has 1 rings (SSSR count). The van der Waals surface area contributed by atoms with Gasteiger partial charge in [-0.05, 0) is 6.42 Å². The summed E-state index contributed by atoms with van der Waals surface area (Å²) in [4.78, 5) is 4.29. The largest absolute Gasteiger partial charge is 0.383 e. The molecule has 0 spiro atoms. The van der Waals surface area contributed by atoms with Gasteiger partial charge in [0, 0.05) is 25.5 Å². The van der Waals surface area contributed by atoms with Crippen LogP contribution in [0.5, 0.6) is 0 Å². The Balaban J connectivity index is 2.52. The molecule has 0 radical (unpaired) electrons. The fourth-order valence-corrected chi connectivity index (χ4v) is 1.23. The van der Waals surface area contributed by atoms with Crippen LogP contribution in [-0.2, 0) is 11.2 Å². The van der Waals surface area contributed by atoms with Gasteiger partial charge in [0.25, 0.3) is 0 Å². The van der Waals surface area contributed by atoms with Crippen molar-refractivity contribution >= 4 is 0 Å². The van der Waals surface area contributed by atoms with E-state index in [1.165, 1.54) is 0 Å². The smallest absolute Gasteiger partial charge is 0.228 e. The number of nitrogens with two attached hydrogens (primary N) is 1.